The van der Waals surface area contributed by atoms with Gasteiger partial charge in [0, 0.05) is 32.0 Å². The molecule has 2 heterocycles. The summed E-state index contributed by atoms with van der Waals surface area (Å²) in [5.74, 6) is -0.316. The molecular weight excluding hydrogens is 475 g/mol. The second kappa shape index (κ2) is 11.0. The maximum Gasteiger partial charge on any atom is 0.315 e. The smallest absolute Gasteiger partial charge is 0.315 e. The molecule has 0 bridgehead atoms. The standard InChI is InChI=1S/C18H18BrFN8O3/c19-13-8-12(3-4-14(13)20)25-17(26-30)15-16(28-31-27-15)22-6-7-23-18(29)24-10-11-2-1-5-21-9-11/h1-5,8-9,30H,6-7,10H2,(H,22,28)(H,25,26)(H2,23,24,29). The number of carbonyl (C=O) groups excluding carboxylic acids is 1. The Morgan fingerprint density at radius 2 is 2.10 bits per heavy atom. The Labute approximate surface area is 184 Å². The first-order valence-corrected chi connectivity index (χ1v) is 9.77. The molecule has 0 aliphatic carbocycles. The fourth-order valence-corrected chi connectivity index (χ4v) is 2.75. The Morgan fingerprint density at radius 3 is 2.84 bits per heavy atom. The molecule has 0 saturated carbocycles. The monoisotopic (exact) mass is 492 g/mol. The fourth-order valence-electron chi connectivity index (χ4n) is 2.38. The fraction of sp³-hybridized carbons (Fsp3) is 0.167. The van der Waals surface area contributed by atoms with Gasteiger partial charge in [-0.15, -0.1) is 0 Å². The van der Waals surface area contributed by atoms with E-state index in [-0.39, 0.29) is 34.4 Å². The first kappa shape index (κ1) is 22.1. The van der Waals surface area contributed by atoms with E-state index in [1.54, 1.807) is 18.5 Å². The number of nitrogens with one attached hydrogen (secondary N) is 4. The first-order valence-electron chi connectivity index (χ1n) is 8.98. The molecule has 1 aromatic carbocycles. The number of amides is 2. The van der Waals surface area contributed by atoms with Crippen LogP contribution in [-0.4, -0.2) is 45.5 Å². The minimum Gasteiger partial charge on any atom is -0.363 e. The van der Waals surface area contributed by atoms with Gasteiger partial charge in [-0.25, -0.2) is 18.8 Å². The van der Waals surface area contributed by atoms with Crippen LogP contribution >= 0.6 is 15.9 Å². The van der Waals surface area contributed by atoms with E-state index >= 15 is 0 Å². The second-order valence-electron chi connectivity index (χ2n) is 6.03. The summed E-state index contributed by atoms with van der Waals surface area (Å²) in [5.41, 5.74) is 3.26. The summed E-state index contributed by atoms with van der Waals surface area (Å²) >= 11 is 3.07. The number of aliphatic imine (C=N–C) groups is 1. The highest BCUT2D eigenvalue weighted by atomic mass is 79.9. The van der Waals surface area contributed by atoms with Crippen LogP contribution in [0.2, 0.25) is 0 Å². The number of benzene rings is 1. The molecule has 5 N–H and O–H groups in total. The molecule has 13 heteroatoms. The van der Waals surface area contributed by atoms with Crippen LogP contribution in [-0.2, 0) is 6.54 Å². The van der Waals surface area contributed by atoms with Crippen molar-refractivity contribution in [3.8, 4) is 0 Å². The van der Waals surface area contributed by atoms with Gasteiger partial charge in [-0.05, 0) is 56.1 Å². The minimum atomic E-state index is -0.445. The largest absolute Gasteiger partial charge is 0.363 e. The Hall–Kier alpha value is -3.58. The van der Waals surface area contributed by atoms with E-state index in [1.807, 2.05) is 11.5 Å². The van der Waals surface area contributed by atoms with Crippen molar-refractivity contribution in [3.63, 3.8) is 0 Å². The zero-order valence-electron chi connectivity index (χ0n) is 16.0. The minimum absolute atomic E-state index is 0.0653. The maximum absolute atomic E-state index is 13.4. The molecule has 0 radical (unpaired) electrons. The van der Waals surface area contributed by atoms with Crippen LogP contribution in [0.5, 0.6) is 0 Å². The third-order valence-corrected chi connectivity index (χ3v) is 4.45. The summed E-state index contributed by atoms with van der Waals surface area (Å²) in [6.45, 7) is 0.920. The van der Waals surface area contributed by atoms with E-state index in [0.717, 1.165) is 5.56 Å². The Morgan fingerprint density at radius 1 is 1.23 bits per heavy atom. The Balaban J connectivity index is 1.52. The van der Waals surface area contributed by atoms with Gasteiger partial charge in [-0.2, -0.15) is 0 Å². The van der Waals surface area contributed by atoms with Gasteiger partial charge in [-0.3, -0.25) is 15.7 Å². The molecule has 0 aliphatic heterocycles. The molecule has 0 fully saturated rings. The number of amidine groups is 1. The summed E-state index contributed by atoms with van der Waals surface area (Å²) in [5, 5.41) is 25.2. The van der Waals surface area contributed by atoms with Crippen LogP contribution in [0.1, 0.15) is 11.3 Å². The summed E-state index contributed by atoms with van der Waals surface area (Å²) in [6, 6.07) is 7.38. The highest BCUT2D eigenvalue weighted by molar-refractivity contribution is 9.10. The van der Waals surface area contributed by atoms with Crippen LogP contribution in [0.15, 0.2) is 56.8 Å². The summed E-state index contributed by atoms with van der Waals surface area (Å²) in [6.07, 6.45) is 3.32. The summed E-state index contributed by atoms with van der Waals surface area (Å²) in [7, 11) is 0. The van der Waals surface area contributed by atoms with Gasteiger partial charge >= 0.3 is 6.03 Å². The maximum atomic E-state index is 13.4. The van der Waals surface area contributed by atoms with Crippen molar-refractivity contribution in [1.29, 1.82) is 0 Å². The number of hydrogen-bond acceptors (Lipinski definition) is 8. The van der Waals surface area contributed by atoms with Crippen molar-refractivity contribution < 1.29 is 19.0 Å². The molecule has 0 unspecified atom stereocenters. The van der Waals surface area contributed by atoms with E-state index in [4.69, 9.17) is 4.63 Å². The molecule has 31 heavy (non-hydrogen) atoms. The Bertz CT molecular complexity index is 1050. The average molecular weight is 493 g/mol. The number of urea groups is 1. The van der Waals surface area contributed by atoms with Crippen molar-refractivity contribution in [2.24, 2.45) is 4.99 Å². The van der Waals surface area contributed by atoms with Crippen molar-refractivity contribution >= 4 is 39.3 Å². The summed E-state index contributed by atoms with van der Waals surface area (Å²) < 4.78 is 18.3. The molecule has 0 saturated heterocycles. The number of pyridine rings is 1. The average Bonchev–Trinajstić information content (AvgIpc) is 3.25. The highest BCUT2D eigenvalue weighted by Gasteiger charge is 2.16. The molecule has 0 aliphatic rings. The molecule has 162 valence electrons. The van der Waals surface area contributed by atoms with Gasteiger partial charge in [0.2, 0.25) is 5.82 Å². The highest BCUT2D eigenvalue weighted by Crippen LogP contribution is 2.23. The van der Waals surface area contributed by atoms with E-state index in [1.165, 1.54) is 18.2 Å². The number of hydrogen-bond donors (Lipinski definition) is 5. The van der Waals surface area contributed by atoms with Gasteiger partial charge < -0.3 is 16.0 Å². The van der Waals surface area contributed by atoms with Crippen LogP contribution < -0.4 is 21.4 Å². The van der Waals surface area contributed by atoms with Crippen LogP contribution in [0.3, 0.4) is 0 Å². The second-order valence-corrected chi connectivity index (χ2v) is 6.88. The lowest BCUT2D eigenvalue weighted by Gasteiger charge is -2.08. The van der Waals surface area contributed by atoms with Crippen LogP contribution in [0.25, 0.3) is 0 Å². The quantitative estimate of drug-likeness (QED) is 0.139. The number of carbonyl (C=O) groups is 1. The van der Waals surface area contributed by atoms with E-state index in [2.05, 4.69) is 52.2 Å². The number of anilines is 1. The number of nitrogens with zero attached hydrogens (tertiary/aromatic N) is 4. The zero-order valence-corrected chi connectivity index (χ0v) is 17.6. The predicted octanol–water partition coefficient (Wildman–Crippen LogP) is 2.33. The third kappa shape index (κ3) is 6.45. The lowest BCUT2D eigenvalue weighted by Crippen LogP contribution is -2.37. The SMILES string of the molecule is O=C(NCCNc1nonc1C(=Nc1ccc(F)c(Br)c1)NO)NCc1cccnc1. The number of halogens is 2. The van der Waals surface area contributed by atoms with Crippen molar-refractivity contribution in [3.05, 3.63) is 64.3 Å². The van der Waals surface area contributed by atoms with Crippen LogP contribution in [0, 0.1) is 5.82 Å². The number of hydroxylamine groups is 1. The molecule has 11 nitrogen and oxygen atoms in total. The normalized spacial score (nSPS) is 11.1. The van der Waals surface area contributed by atoms with Crippen molar-refractivity contribution in [1.82, 2.24) is 31.4 Å². The summed E-state index contributed by atoms with van der Waals surface area (Å²) in [4.78, 5) is 20.0. The van der Waals surface area contributed by atoms with E-state index in [9.17, 15) is 14.4 Å². The van der Waals surface area contributed by atoms with E-state index in [0.29, 0.717) is 18.8 Å². The predicted molar refractivity (Wildman–Crippen MR) is 112 cm³/mol. The van der Waals surface area contributed by atoms with Gasteiger partial charge in [0.25, 0.3) is 0 Å². The molecule has 0 spiro atoms. The van der Waals surface area contributed by atoms with Crippen molar-refractivity contribution in [2.75, 3.05) is 18.4 Å². The Kier molecular flexibility index (Phi) is 7.84. The molecule has 2 amide bonds. The molecule has 3 aromatic rings. The lowest BCUT2D eigenvalue weighted by atomic mass is 10.3. The zero-order chi connectivity index (χ0) is 22.1. The van der Waals surface area contributed by atoms with Gasteiger partial charge in [0.15, 0.2) is 11.5 Å². The van der Waals surface area contributed by atoms with Crippen LogP contribution in [0.4, 0.5) is 20.7 Å². The van der Waals surface area contributed by atoms with Gasteiger partial charge in [0.05, 0.1) is 10.2 Å². The van der Waals surface area contributed by atoms with E-state index < -0.39 is 5.82 Å². The number of aromatic nitrogens is 3. The molecule has 3 rings (SSSR count). The number of rotatable bonds is 8. The molecule has 0 atom stereocenters. The first-order chi connectivity index (χ1) is 15.1. The molecule has 2 aromatic heterocycles. The van der Waals surface area contributed by atoms with Gasteiger partial charge in [-0.1, -0.05) is 6.07 Å². The lowest BCUT2D eigenvalue weighted by molar-refractivity contribution is 0.234. The van der Waals surface area contributed by atoms with Crippen molar-refractivity contribution in [2.45, 2.75) is 6.54 Å². The third-order valence-electron chi connectivity index (χ3n) is 3.84. The molecular formula is C18H18BrFN8O3. The topological polar surface area (TPSA) is 150 Å². The van der Waals surface area contributed by atoms with Gasteiger partial charge in [0.1, 0.15) is 5.82 Å².